The molecule has 0 spiro atoms. The number of anilines is 1. The third kappa shape index (κ3) is 6.53. The number of likely N-dealkylation sites (tertiary alicyclic amines) is 1. The standard InChI is InChI=1S/C31H37FN8O5Si/c1-43-26-9-7-20(32)12-23(26)30(41)35-14-19-6-8-22(25-15-36-39(28(19)25)18-45-10-11-46(3,4)5)27-24(13-33)29(34)40(37-27)21-16-38(17-21)31(42)44-2/h6-9,12,15,21H,10-11,14,16-18,34H2,1-5H3,(H,35,41). The van der Waals surface area contributed by atoms with Crippen molar-refractivity contribution in [3.63, 3.8) is 0 Å². The summed E-state index contributed by atoms with van der Waals surface area (Å²) in [6.07, 6.45) is 1.23. The van der Waals surface area contributed by atoms with Crippen molar-refractivity contribution in [3.05, 3.63) is 59.0 Å². The van der Waals surface area contributed by atoms with E-state index in [-0.39, 0.29) is 42.0 Å². The Hall–Kier alpha value is -4.94. The van der Waals surface area contributed by atoms with Crippen LogP contribution in [0.3, 0.4) is 0 Å². The summed E-state index contributed by atoms with van der Waals surface area (Å²) in [5.41, 5.74) is 9.07. The summed E-state index contributed by atoms with van der Waals surface area (Å²) < 4.78 is 33.3. The molecule has 1 aliphatic heterocycles. The molecule has 15 heteroatoms. The van der Waals surface area contributed by atoms with E-state index in [9.17, 15) is 19.2 Å². The van der Waals surface area contributed by atoms with Gasteiger partial charge >= 0.3 is 6.09 Å². The number of nitrogens with one attached hydrogen (secondary N) is 1. The summed E-state index contributed by atoms with van der Waals surface area (Å²) >= 11 is 0. The van der Waals surface area contributed by atoms with Crippen LogP contribution in [0.2, 0.25) is 25.7 Å². The van der Waals surface area contributed by atoms with Gasteiger partial charge in [0.15, 0.2) is 0 Å². The second kappa shape index (κ2) is 13.2. The van der Waals surface area contributed by atoms with Crippen LogP contribution in [-0.2, 0) is 22.7 Å². The molecule has 1 fully saturated rings. The van der Waals surface area contributed by atoms with E-state index in [0.717, 1.165) is 12.1 Å². The van der Waals surface area contributed by atoms with Crippen LogP contribution in [0, 0.1) is 17.1 Å². The van der Waals surface area contributed by atoms with Crippen LogP contribution in [0.1, 0.15) is 27.5 Å². The van der Waals surface area contributed by atoms with E-state index in [4.69, 9.17) is 25.0 Å². The van der Waals surface area contributed by atoms with E-state index in [1.54, 1.807) is 21.6 Å². The predicted molar refractivity (Wildman–Crippen MR) is 171 cm³/mol. The normalized spacial score (nSPS) is 13.4. The van der Waals surface area contributed by atoms with Crippen molar-refractivity contribution in [2.24, 2.45) is 0 Å². The molecule has 0 unspecified atom stereocenters. The van der Waals surface area contributed by atoms with E-state index in [0.29, 0.717) is 47.4 Å². The summed E-state index contributed by atoms with van der Waals surface area (Å²) in [6.45, 7) is 8.34. The highest BCUT2D eigenvalue weighted by Gasteiger charge is 2.36. The average Bonchev–Trinajstić information content (AvgIpc) is 3.57. The number of nitrogens with zero attached hydrogens (tertiary/aromatic N) is 6. The van der Waals surface area contributed by atoms with Crippen LogP contribution in [0.5, 0.6) is 5.75 Å². The Morgan fingerprint density at radius 1 is 1.20 bits per heavy atom. The van der Waals surface area contributed by atoms with Gasteiger partial charge in [0.2, 0.25) is 0 Å². The minimum Gasteiger partial charge on any atom is -0.496 e. The highest BCUT2D eigenvalue weighted by Crippen LogP contribution is 2.36. The van der Waals surface area contributed by atoms with Crippen molar-refractivity contribution in [1.29, 1.82) is 5.26 Å². The van der Waals surface area contributed by atoms with Gasteiger partial charge in [-0.3, -0.25) is 4.79 Å². The zero-order valence-electron chi connectivity index (χ0n) is 26.5. The molecule has 0 aliphatic carbocycles. The van der Waals surface area contributed by atoms with E-state index in [1.807, 2.05) is 6.07 Å². The number of nitrogen functional groups attached to an aromatic ring is 1. The number of ether oxygens (including phenoxy) is 3. The number of nitrogens with two attached hydrogens (primary N) is 1. The van der Waals surface area contributed by atoms with Crippen LogP contribution in [0.4, 0.5) is 15.0 Å². The number of fused-ring (bicyclic) bond motifs is 1. The number of hydrogen-bond acceptors (Lipinski definition) is 9. The van der Waals surface area contributed by atoms with Crippen molar-refractivity contribution < 1.29 is 28.2 Å². The molecule has 2 amide bonds. The zero-order valence-corrected chi connectivity index (χ0v) is 27.5. The Bertz CT molecular complexity index is 1820. The molecule has 5 rings (SSSR count). The smallest absolute Gasteiger partial charge is 0.409 e. The van der Waals surface area contributed by atoms with Gasteiger partial charge in [0, 0.05) is 45.3 Å². The molecule has 0 atom stereocenters. The number of amides is 2. The third-order valence-electron chi connectivity index (χ3n) is 7.90. The lowest BCUT2D eigenvalue weighted by Gasteiger charge is -2.38. The number of carbonyl (C=O) groups excluding carboxylic acids is 2. The maximum atomic E-state index is 14.0. The molecule has 46 heavy (non-hydrogen) atoms. The minimum absolute atomic E-state index is 0.0694. The van der Waals surface area contributed by atoms with Gasteiger partial charge in [0.25, 0.3) is 5.91 Å². The van der Waals surface area contributed by atoms with Crippen LogP contribution >= 0.6 is 0 Å². The summed E-state index contributed by atoms with van der Waals surface area (Å²) in [6, 6.07) is 10.3. The number of aromatic nitrogens is 4. The largest absolute Gasteiger partial charge is 0.496 e. The Morgan fingerprint density at radius 3 is 2.63 bits per heavy atom. The quantitative estimate of drug-likeness (QED) is 0.178. The number of hydrogen-bond donors (Lipinski definition) is 2. The van der Waals surface area contributed by atoms with E-state index >= 15 is 0 Å². The monoisotopic (exact) mass is 648 g/mol. The van der Waals surface area contributed by atoms with Crippen LogP contribution in [0.15, 0.2) is 36.5 Å². The molecule has 0 bridgehead atoms. The first-order valence-electron chi connectivity index (χ1n) is 14.7. The highest BCUT2D eigenvalue weighted by molar-refractivity contribution is 6.76. The summed E-state index contributed by atoms with van der Waals surface area (Å²) in [5.74, 6) is -0.620. The Morgan fingerprint density at radius 2 is 1.96 bits per heavy atom. The number of benzene rings is 2. The van der Waals surface area contributed by atoms with Crippen molar-refractivity contribution in [1.82, 2.24) is 29.8 Å². The molecule has 13 nitrogen and oxygen atoms in total. The van der Waals surface area contributed by atoms with Crippen molar-refractivity contribution in [3.8, 4) is 23.1 Å². The predicted octanol–water partition coefficient (Wildman–Crippen LogP) is 4.37. The Labute approximate surface area is 266 Å². The van der Waals surface area contributed by atoms with Crippen LogP contribution in [-0.4, -0.2) is 78.5 Å². The molecule has 3 heterocycles. The van der Waals surface area contributed by atoms with E-state index in [1.165, 1.54) is 31.3 Å². The molecule has 1 aliphatic rings. The number of rotatable bonds is 11. The maximum Gasteiger partial charge on any atom is 0.409 e. The molecular weight excluding hydrogens is 611 g/mol. The molecule has 0 saturated carbocycles. The van der Waals surface area contributed by atoms with Gasteiger partial charge in [0.05, 0.1) is 37.5 Å². The molecule has 4 aromatic rings. The second-order valence-corrected chi connectivity index (χ2v) is 17.9. The van der Waals surface area contributed by atoms with Crippen molar-refractivity contribution in [2.75, 3.05) is 39.6 Å². The molecule has 0 radical (unpaired) electrons. The van der Waals surface area contributed by atoms with Crippen LogP contribution < -0.4 is 15.8 Å². The van der Waals surface area contributed by atoms with Gasteiger partial charge in [0.1, 0.15) is 41.4 Å². The third-order valence-corrected chi connectivity index (χ3v) is 9.60. The molecular formula is C31H37FN8O5Si. The van der Waals surface area contributed by atoms with Gasteiger partial charge in [-0.05, 0) is 29.8 Å². The summed E-state index contributed by atoms with van der Waals surface area (Å²) in [5, 5.41) is 23.0. The van der Waals surface area contributed by atoms with Gasteiger partial charge in [-0.2, -0.15) is 15.5 Å². The molecule has 3 N–H and O–H groups in total. The van der Waals surface area contributed by atoms with Gasteiger partial charge in [-0.15, -0.1) is 0 Å². The SMILES string of the molecule is COC(=O)N1CC(n2nc(-c3ccc(CNC(=O)c4cc(F)ccc4OC)c4c3cnn4COCC[Si](C)(C)C)c(C#N)c2N)C1. The molecule has 2 aromatic carbocycles. The fraction of sp³-hybridized carbons (Fsp3) is 0.387. The zero-order chi connectivity index (χ0) is 33.2. The number of carbonyl (C=O) groups is 2. The lowest BCUT2D eigenvalue weighted by Crippen LogP contribution is -2.51. The van der Waals surface area contributed by atoms with E-state index < -0.39 is 25.9 Å². The van der Waals surface area contributed by atoms with Gasteiger partial charge in [-0.25, -0.2) is 18.5 Å². The first kappa shape index (κ1) is 32.5. The van der Waals surface area contributed by atoms with Crippen molar-refractivity contribution >= 4 is 36.8 Å². The lowest BCUT2D eigenvalue weighted by molar-refractivity contribution is 0.0682. The molecule has 242 valence electrons. The molecule has 1 saturated heterocycles. The Balaban J connectivity index is 1.50. The summed E-state index contributed by atoms with van der Waals surface area (Å²) in [7, 11) is 1.41. The van der Waals surface area contributed by atoms with Gasteiger partial charge < -0.3 is 30.2 Å². The fourth-order valence-electron chi connectivity index (χ4n) is 5.29. The second-order valence-electron chi connectivity index (χ2n) is 12.2. The van der Waals surface area contributed by atoms with E-state index in [2.05, 4.69) is 36.1 Å². The van der Waals surface area contributed by atoms with Gasteiger partial charge in [-0.1, -0.05) is 31.8 Å². The minimum atomic E-state index is -1.32. The fourth-order valence-corrected chi connectivity index (χ4v) is 6.05. The first-order valence-corrected chi connectivity index (χ1v) is 18.4. The van der Waals surface area contributed by atoms with Crippen LogP contribution in [0.25, 0.3) is 22.2 Å². The maximum absolute atomic E-state index is 14.0. The number of methoxy groups -OCH3 is 2. The summed E-state index contributed by atoms with van der Waals surface area (Å²) in [4.78, 5) is 26.5. The molecule has 2 aromatic heterocycles. The average molecular weight is 649 g/mol. The van der Waals surface area contributed by atoms with Crippen molar-refractivity contribution in [2.45, 2.75) is 45.0 Å². The Kier molecular flexibility index (Phi) is 9.31. The highest BCUT2D eigenvalue weighted by atomic mass is 28.3. The number of nitriles is 1. The number of halogens is 1. The first-order chi connectivity index (χ1) is 21.9. The lowest BCUT2D eigenvalue weighted by atomic mass is 10.0. The topological polar surface area (TPSA) is 163 Å².